The van der Waals surface area contributed by atoms with Crippen LogP contribution >= 0.6 is 0 Å². The van der Waals surface area contributed by atoms with Gasteiger partial charge in [0.2, 0.25) is 0 Å². The topological polar surface area (TPSA) is 76.1 Å². The van der Waals surface area contributed by atoms with Crippen molar-refractivity contribution in [1.82, 2.24) is 4.90 Å². The summed E-state index contributed by atoms with van der Waals surface area (Å²) in [5, 5.41) is 11.2. The number of methoxy groups -OCH3 is 1. The number of hydrogen-bond acceptors (Lipinski definition) is 5. The summed E-state index contributed by atoms with van der Waals surface area (Å²) >= 11 is 0. The first-order valence-corrected chi connectivity index (χ1v) is 10.5. The summed E-state index contributed by atoms with van der Waals surface area (Å²) in [6, 6.07) is 12.3. The molecular formula is C25H29NO5. The van der Waals surface area contributed by atoms with Crippen LogP contribution < -0.4 is 4.74 Å². The Balaban J connectivity index is 2.11. The number of ketones is 1. The predicted octanol–water partition coefficient (Wildman–Crippen LogP) is 4.16. The van der Waals surface area contributed by atoms with Crippen molar-refractivity contribution in [1.29, 1.82) is 0 Å². The lowest BCUT2D eigenvalue weighted by atomic mass is 9.94. The molecule has 0 saturated carbocycles. The molecule has 1 heterocycles. The second-order valence-corrected chi connectivity index (χ2v) is 7.67. The number of rotatable bonds is 8. The van der Waals surface area contributed by atoms with Gasteiger partial charge in [0.1, 0.15) is 11.5 Å². The summed E-state index contributed by atoms with van der Waals surface area (Å²) in [7, 11) is 1.60. The maximum Gasteiger partial charge on any atom is 0.295 e. The van der Waals surface area contributed by atoms with E-state index in [-0.39, 0.29) is 11.3 Å². The smallest absolute Gasteiger partial charge is 0.295 e. The van der Waals surface area contributed by atoms with Gasteiger partial charge in [0.05, 0.1) is 18.2 Å². The minimum absolute atomic E-state index is 0.108. The summed E-state index contributed by atoms with van der Waals surface area (Å²) in [4.78, 5) is 27.4. The van der Waals surface area contributed by atoms with E-state index in [9.17, 15) is 14.7 Å². The van der Waals surface area contributed by atoms with E-state index >= 15 is 0 Å². The molecule has 6 nitrogen and oxygen atoms in total. The van der Waals surface area contributed by atoms with Crippen molar-refractivity contribution < 1.29 is 24.2 Å². The number of hydrogen-bond donors (Lipinski definition) is 1. The van der Waals surface area contributed by atoms with Gasteiger partial charge in [-0.3, -0.25) is 9.59 Å². The van der Waals surface area contributed by atoms with Crippen molar-refractivity contribution in [3.8, 4) is 5.75 Å². The molecule has 0 aliphatic carbocycles. The second kappa shape index (κ2) is 9.79. The number of aliphatic hydroxyl groups excluding tert-OH is 1. The van der Waals surface area contributed by atoms with Crippen LogP contribution in [0.15, 0.2) is 48.0 Å². The molecule has 1 saturated heterocycles. The van der Waals surface area contributed by atoms with Crippen molar-refractivity contribution in [2.75, 3.05) is 26.9 Å². The van der Waals surface area contributed by atoms with E-state index in [1.54, 1.807) is 25.3 Å². The third-order valence-corrected chi connectivity index (χ3v) is 5.39. The number of nitrogens with zero attached hydrogens (tertiary/aromatic N) is 1. The minimum atomic E-state index is -0.673. The number of benzene rings is 2. The zero-order valence-electron chi connectivity index (χ0n) is 18.5. The van der Waals surface area contributed by atoms with Gasteiger partial charge >= 0.3 is 0 Å². The molecule has 31 heavy (non-hydrogen) atoms. The highest BCUT2D eigenvalue weighted by Gasteiger charge is 2.45. The van der Waals surface area contributed by atoms with E-state index in [1.807, 2.05) is 45.0 Å². The number of aryl methyl sites for hydroxylation is 2. The molecule has 1 aliphatic rings. The first-order chi connectivity index (χ1) is 14.9. The van der Waals surface area contributed by atoms with Crippen LogP contribution in [-0.2, 0) is 14.3 Å². The molecule has 164 valence electrons. The van der Waals surface area contributed by atoms with E-state index in [0.717, 1.165) is 16.7 Å². The van der Waals surface area contributed by atoms with Crippen LogP contribution in [0.4, 0.5) is 0 Å². The molecule has 0 radical (unpaired) electrons. The number of likely N-dealkylation sites (tertiary alicyclic amines) is 1. The molecule has 1 amide bonds. The van der Waals surface area contributed by atoms with Gasteiger partial charge in [-0.1, -0.05) is 29.8 Å². The summed E-state index contributed by atoms with van der Waals surface area (Å²) in [5.41, 5.74) is 3.23. The molecular weight excluding hydrogens is 394 g/mol. The number of Topliss-reactive ketones (excluding diaryl/α,β-unsaturated/α-hetero) is 1. The van der Waals surface area contributed by atoms with Crippen molar-refractivity contribution in [2.45, 2.75) is 33.2 Å². The maximum absolute atomic E-state index is 13.0. The van der Waals surface area contributed by atoms with E-state index in [2.05, 4.69) is 0 Å². The van der Waals surface area contributed by atoms with Crippen LogP contribution in [0.25, 0.3) is 5.76 Å². The van der Waals surface area contributed by atoms with Crippen LogP contribution in [0.5, 0.6) is 5.75 Å². The normalized spacial score (nSPS) is 17.9. The lowest BCUT2D eigenvalue weighted by molar-refractivity contribution is -0.140. The molecule has 6 heteroatoms. The van der Waals surface area contributed by atoms with Crippen molar-refractivity contribution in [3.05, 3.63) is 70.3 Å². The minimum Gasteiger partial charge on any atom is -0.507 e. The van der Waals surface area contributed by atoms with E-state index in [1.165, 1.54) is 4.90 Å². The molecule has 2 aromatic carbocycles. The number of aliphatic hydroxyl groups is 1. The van der Waals surface area contributed by atoms with E-state index in [4.69, 9.17) is 9.47 Å². The number of ether oxygens (including phenoxy) is 2. The van der Waals surface area contributed by atoms with Gasteiger partial charge in [-0.2, -0.15) is 0 Å². The Bertz CT molecular complexity index is 1010. The van der Waals surface area contributed by atoms with Crippen molar-refractivity contribution in [3.63, 3.8) is 0 Å². The molecule has 0 bridgehead atoms. The lowest BCUT2D eigenvalue weighted by Gasteiger charge is -2.25. The molecule has 2 aromatic rings. The molecule has 1 unspecified atom stereocenters. The average molecular weight is 424 g/mol. The Kier molecular flexibility index (Phi) is 7.13. The predicted molar refractivity (Wildman–Crippen MR) is 119 cm³/mol. The zero-order valence-corrected chi connectivity index (χ0v) is 18.5. The Morgan fingerprint density at radius 3 is 2.55 bits per heavy atom. The molecule has 1 fully saturated rings. The van der Waals surface area contributed by atoms with Gasteiger partial charge in [-0.15, -0.1) is 0 Å². The fourth-order valence-corrected chi connectivity index (χ4v) is 3.95. The standard InChI is InChI=1S/C25H29NO5/c1-5-31-20-11-10-19(15-17(20)3)23(27)21-22(18-9-6-8-16(2)14-18)26(12-7-13-30-4)25(29)24(21)28/h6,8-11,14-15,22,27H,5,7,12-13H2,1-4H3/b23-21-. The third kappa shape index (κ3) is 4.64. The molecule has 1 aliphatic heterocycles. The van der Waals surface area contributed by atoms with E-state index in [0.29, 0.717) is 37.5 Å². The van der Waals surface area contributed by atoms with Crippen LogP contribution in [-0.4, -0.2) is 48.6 Å². The third-order valence-electron chi connectivity index (χ3n) is 5.39. The van der Waals surface area contributed by atoms with Gasteiger partial charge in [-0.25, -0.2) is 0 Å². The second-order valence-electron chi connectivity index (χ2n) is 7.67. The fourth-order valence-electron chi connectivity index (χ4n) is 3.95. The summed E-state index contributed by atoms with van der Waals surface area (Å²) in [6.45, 7) is 7.10. The first kappa shape index (κ1) is 22.6. The zero-order chi connectivity index (χ0) is 22.5. The number of amides is 1. The first-order valence-electron chi connectivity index (χ1n) is 10.5. The Morgan fingerprint density at radius 2 is 1.90 bits per heavy atom. The fraction of sp³-hybridized carbons (Fsp3) is 0.360. The van der Waals surface area contributed by atoms with Crippen LogP contribution in [0.2, 0.25) is 0 Å². The van der Waals surface area contributed by atoms with Gasteiger partial charge in [0, 0.05) is 25.8 Å². The lowest BCUT2D eigenvalue weighted by Crippen LogP contribution is -2.31. The summed E-state index contributed by atoms with van der Waals surface area (Å²) < 4.78 is 10.7. The van der Waals surface area contributed by atoms with Crippen LogP contribution in [0.3, 0.4) is 0 Å². The molecule has 1 N–H and O–H groups in total. The summed E-state index contributed by atoms with van der Waals surface area (Å²) in [5.74, 6) is -0.737. The highest BCUT2D eigenvalue weighted by molar-refractivity contribution is 6.46. The quantitative estimate of drug-likeness (QED) is 0.299. The van der Waals surface area contributed by atoms with E-state index < -0.39 is 17.7 Å². The van der Waals surface area contributed by atoms with Crippen LogP contribution in [0.1, 0.15) is 41.6 Å². The van der Waals surface area contributed by atoms with Crippen molar-refractivity contribution >= 4 is 17.4 Å². The van der Waals surface area contributed by atoms with Gasteiger partial charge in [-0.05, 0) is 56.5 Å². The van der Waals surface area contributed by atoms with Crippen molar-refractivity contribution in [2.24, 2.45) is 0 Å². The van der Waals surface area contributed by atoms with Gasteiger partial charge in [0.25, 0.3) is 11.7 Å². The van der Waals surface area contributed by atoms with Gasteiger partial charge < -0.3 is 19.5 Å². The Labute approximate surface area is 183 Å². The molecule has 0 spiro atoms. The molecule has 0 aromatic heterocycles. The molecule has 1 atom stereocenters. The highest BCUT2D eigenvalue weighted by Crippen LogP contribution is 2.40. The van der Waals surface area contributed by atoms with Crippen LogP contribution in [0, 0.1) is 13.8 Å². The average Bonchev–Trinajstić information content (AvgIpc) is 3.00. The largest absolute Gasteiger partial charge is 0.507 e. The SMILES string of the molecule is CCOc1ccc(/C(O)=C2/C(=O)C(=O)N(CCCOC)C2c2cccc(C)c2)cc1C. The number of carbonyl (C=O) groups is 2. The highest BCUT2D eigenvalue weighted by atomic mass is 16.5. The monoisotopic (exact) mass is 423 g/mol. The Morgan fingerprint density at radius 1 is 1.13 bits per heavy atom. The molecule has 3 rings (SSSR count). The maximum atomic E-state index is 13.0. The number of carbonyl (C=O) groups excluding carboxylic acids is 2. The van der Waals surface area contributed by atoms with Gasteiger partial charge in [0.15, 0.2) is 0 Å². The Hall–Kier alpha value is -3.12. The summed E-state index contributed by atoms with van der Waals surface area (Å²) in [6.07, 6.45) is 0.591.